The molecule has 0 aliphatic carbocycles. The van der Waals surface area contributed by atoms with Crippen molar-refractivity contribution >= 4 is 6.09 Å². The summed E-state index contributed by atoms with van der Waals surface area (Å²) in [4.78, 5) is 14.2. The van der Waals surface area contributed by atoms with E-state index in [2.05, 4.69) is 23.3 Å². The highest BCUT2D eigenvalue weighted by Gasteiger charge is 2.21. The van der Waals surface area contributed by atoms with Gasteiger partial charge < -0.3 is 14.4 Å². The minimum absolute atomic E-state index is 0.276. The first-order valence-corrected chi connectivity index (χ1v) is 8.58. The Morgan fingerprint density at radius 1 is 1.12 bits per heavy atom. The van der Waals surface area contributed by atoms with Crippen molar-refractivity contribution in [2.45, 2.75) is 46.6 Å². The minimum Gasteiger partial charge on any atom is -0.445 e. The van der Waals surface area contributed by atoms with E-state index >= 15 is 0 Å². The van der Waals surface area contributed by atoms with Crippen LogP contribution in [0.4, 0.5) is 4.79 Å². The fraction of sp³-hybridized carbons (Fsp3) is 0.474. The van der Waals surface area contributed by atoms with Crippen molar-refractivity contribution in [1.29, 1.82) is 0 Å². The fourth-order valence-electron chi connectivity index (χ4n) is 3.28. The Morgan fingerprint density at radius 3 is 2.60 bits per heavy atom. The van der Waals surface area contributed by atoms with E-state index in [1.807, 2.05) is 24.6 Å². The zero-order valence-electron chi connectivity index (χ0n) is 15.1. The van der Waals surface area contributed by atoms with Gasteiger partial charge in [-0.2, -0.15) is 5.10 Å². The number of carbonyl (C=O) groups excluding carboxylic acids is 1. The molecule has 1 aromatic heterocycles. The van der Waals surface area contributed by atoms with Gasteiger partial charge in [0.05, 0.1) is 24.5 Å². The molecule has 0 saturated carbocycles. The molecule has 1 aromatic carbocycles. The number of fused-ring (bicyclic) bond motifs is 1. The average molecular weight is 343 g/mol. The predicted octanol–water partition coefficient (Wildman–Crippen LogP) is 3.19. The van der Waals surface area contributed by atoms with Gasteiger partial charge in [0.2, 0.25) is 0 Å². The molecule has 0 bridgehead atoms. The van der Waals surface area contributed by atoms with Gasteiger partial charge >= 0.3 is 6.09 Å². The van der Waals surface area contributed by atoms with Crippen LogP contribution in [-0.2, 0) is 35.8 Å². The highest BCUT2D eigenvalue weighted by molar-refractivity contribution is 5.67. The van der Waals surface area contributed by atoms with E-state index in [-0.39, 0.29) is 6.09 Å². The number of methoxy groups -OCH3 is 1. The van der Waals surface area contributed by atoms with Gasteiger partial charge in [0, 0.05) is 20.2 Å². The molecule has 2 heterocycles. The van der Waals surface area contributed by atoms with Gasteiger partial charge in [0.15, 0.2) is 0 Å². The SMILES string of the molecule is COCc1cc2n(n1)CCCN(C(=O)OCc1cc(C)cc(C)c1)C2. The first kappa shape index (κ1) is 17.5. The summed E-state index contributed by atoms with van der Waals surface area (Å²) >= 11 is 0. The van der Waals surface area contributed by atoms with Gasteiger partial charge in [-0.05, 0) is 31.9 Å². The summed E-state index contributed by atoms with van der Waals surface area (Å²) in [5, 5.41) is 4.52. The molecular formula is C19H25N3O3. The number of hydrogen-bond acceptors (Lipinski definition) is 4. The van der Waals surface area contributed by atoms with Crippen LogP contribution in [0.25, 0.3) is 0 Å². The van der Waals surface area contributed by atoms with Crippen LogP contribution in [0.15, 0.2) is 24.3 Å². The van der Waals surface area contributed by atoms with Crippen LogP contribution < -0.4 is 0 Å². The molecule has 0 spiro atoms. The first-order valence-electron chi connectivity index (χ1n) is 8.58. The molecule has 6 nitrogen and oxygen atoms in total. The molecule has 0 unspecified atom stereocenters. The Kier molecular flexibility index (Phi) is 5.38. The van der Waals surface area contributed by atoms with Crippen molar-refractivity contribution in [3.8, 4) is 0 Å². The quantitative estimate of drug-likeness (QED) is 0.855. The van der Waals surface area contributed by atoms with E-state index < -0.39 is 0 Å². The topological polar surface area (TPSA) is 56.6 Å². The van der Waals surface area contributed by atoms with Crippen molar-refractivity contribution in [3.63, 3.8) is 0 Å². The molecular weight excluding hydrogens is 318 g/mol. The molecule has 25 heavy (non-hydrogen) atoms. The lowest BCUT2D eigenvalue weighted by molar-refractivity contribution is 0.0941. The molecule has 0 N–H and O–H groups in total. The number of nitrogens with zero attached hydrogens (tertiary/aromatic N) is 3. The number of ether oxygens (including phenoxy) is 2. The largest absolute Gasteiger partial charge is 0.445 e. The average Bonchev–Trinajstić information content (AvgIpc) is 2.82. The number of benzene rings is 1. The zero-order valence-corrected chi connectivity index (χ0v) is 15.1. The third kappa shape index (κ3) is 4.39. The Labute approximate surface area is 148 Å². The number of rotatable bonds is 4. The first-order chi connectivity index (χ1) is 12.0. The van der Waals surface area contributed by atoms with E-state index in [1.54, 1.807) is 12.0 Å². The second-order valence-electron chi connectivity index (χ2n) is 6.61. The van der Waals surface area contributed by atoms with Crippen LogP contribution in [0.1, 0.15) is 34.5 Å². The van der Waals surface area contributed by atoms with Gasteiger partial charge in [-0.3, -0.25) is 4.68 Å². The molecule has 134 valence electrons. The van der Waals surface area contributed by atoms with Crippen LogP contribution in [0.2, 0.25) is 0 Å². The highest BCUT2D eigenvalue weighted by Crippen LogP contribution is 2.16. The maximum absolute atomic E-state index is 12.5. The standard InChI is InChI=1S/C19H25N3O3/c1-14-7-15(2)9-16(8-14)12-25-19(23)21-5-4-6-22-18(11-21)10-17(20-22)13-24-3/h7-10H,4-6,11-13H2,1-3H3. The van der Waals surface area contributed by atoms with Crippen molar-refractivity contribution in [1.82, 2.24) is 14.7 Å². The molecule has 1 aliphatic heterocycles. The summed E-state index contributed by atoms with van der Waals surface area (Å²) < 4.78 is 12.6. The Bertz CT molecular complexity index is 734. The number of carbonyl (C=O) groups is 1. The molecule has 0 atom stereocenters. The zero-order chi connectivity index (χ0) is 17.8. The van der Waals surface area contributed by atoms with Gasteiger partial charge in [-0.25, -0.2) is 4.79 Å². The van der Waals surface area contributed by atoms with Crippen molar-refractivity contribution < 1.29 is 14.3 Å². The van der Waals surface area contributed by atoms with Crippen LogP contribution >= 0.6 is 0 Å². The van der Waals surface area contributed by atoms with E-state index in [4.69, 9.17) is 9.47 Å². The number of aromatic nitrogens is 2. The van der Waals surface area contributed by atoms with Gasteiger partial charge in [-0.15, -0.1) is 0 Å². The third-order valence-corrected chi connectivity index (χ3v) is 4.26. The molecule has 1 amide bonds. The summed E-state index contributed by atoms with van der Waals surface area (Å²) in [5.74, 6) is 0. The van der Waals surface area contributed by atoms with E-state index in [9.17, 15) is 4.79 Å². The lowest BCUT2D eigenvalue weighted by Gasteiger charge is -2.19. The van der Waals surface area contributed by atoms with Gasteiger partial charge in [-0.1, -0.05) is 29.3 Å². The second-order valence-corrected chi connectivity index (χ2v) is 6.61. The minimum atomic E-state index is -0.276. The van der Waals surface area contributed by atoms with E-state index in [0.717, 1.165) is 29.9 Å². The van der Waals surface area contributed by atoms with Gasteiger partial charge in [0.1, 0.15) is 6.61 Å². The summed E-state index contributed by atoms with van der Waals surface area (Å²) in [6.07, 6.45) is 0.585. The number of hydrogen-bond donors (Lipinski definition) is 0. The monoisotopic (exact) mass is 343 g/mol. The predicted molar refractivity (Wildman–Crippen MR) is 94.1 cm³/mol. The molecule has 6 heteroatoms. The summed E-state index contributed by atoms with van der Waals surface area (Å²) in [5.41, 5.74) is 5.29. The smallest absolute Gasteiger partial charge is 0.410 e. The Hall–Kier alpha value is -2.34. The maximum Gasteiger partial charge on any atom is 0.410 e. The summed E-state index contributed by atoms with van der Waals surface area (Å²) in [7, 11) is 1.65. The Balaban J connectivity index is 1.63. The van der Waals surface area contributed by atoms with Crippen LogP contribution in [0.5, 0.6) is 0 Å². The Morgan fingerprint density at radius 2 is 1.88 bits per heavy atom. The highest BCUT2D eigenvalue weighted by atomic mass is 16.6. The second kappa shape index (κ2) is 7.70. The molecule has 1 aliphatic rings. The molecule has 0 fully saturated rings. The summed E-state index contributed by atoms with van der Waals surface area (Å²) in [6, 6.07) is 8.21. The summed E-state index contributed by atoms with van der Waals surface area (Å²) in [6.45, 7) is 6.87. The normalized spacial score (nSPS) is 14.1. The van der Waals surface area contributed by atoms with Crippen molar-refractivity contribution in [3.05, 3.63) is 52.3 Å². The van der Waals surface area contributed by atoms with Gasteiger partial charge in [0.25, 0.3) is 0 Å². The van der Waals surface area contributed by atoms with Crippen molar-refractivity contribution in [2.24, 2.45) is 0 Å². The van der Waals surface area contributed by atoms with E-state index in [0.29, 0.717) is 26.3 Å². The molecule has 0 saturated heterocycles. The fourth-order valence-corrected chi connectivity index (χ4v) is 3.28. The van der Waals surface area contributed by atoms with Crippen molar-refractivity contribution in [2.75, 3.05) is 13.7 Å². The van der Waals surface area contributed by atoms with E-state index in [1.165, 1.54) is 11.1 Å². The number of amides is 1. The van der Waals surface area contributed by atoms with Crippen LogP contribution in [0, 0.1) is 13.8 Å². The lowest BCUT2D eigenvalue weighted by atomic mass is 10.1. The molecule has 2 aromatic rings. The lowest BCUT2D eigenvalue weighted by Crippen LogP contribution is -2.31. The van der Waals surface area contributed by atoms with Crippen LogP contribution in [-0.4, -0.2) is 34.4 Å². The molecule has 3 rings (SSSR count). The maximum atomic E-state index is 12.5. The van der Waals surface area contributed by atoms with Crippen LogP contribution in [0.3, 0.4) is 0 Å². The number of aryl methyl sites for hydroxylation is 3. The molecule has 0 radical (unpaired) electrons. The third-order valence-electron chi connectivity index (χ3n) is 4.26.